The van der Waals surface area contributed by atoms with Crippen LogP contribution in [0.5, 0.6) is 0 Å². The fraction of sp³-hybridized carbons (Fsp3) is 0.0952. The molecule has 3 nitrogen and oxygen atoms in total. The standard InChI is InChI=1S/C21H21NO2/c1-22(2)19-14-12-17(13-15-19)8-6-7-11-20(23)16-21(24)18-9-4-3-5-10-18/h3-16,24H,1-2H3/b8-6+,11-7+,21-16-. The number of aliphatic hydroxyl groups excluding tert-OH is 1. The Hall–Kier alpha value is -3.07. The summed E-state index contributed by atoms with van der Waals surface area (Å²) in [5.41, 5.74) is 2.82. The Bertz CT molecular complexity index is 754. The number of hydrogen-bond donors (Lipinski definition) is 1. The smallest absolute Gasteiger partial charge is 0.182 e. The lowest BCUT2D eigenvalue weighted by Gasteiger charge is -2.11. The van der Waals surface area contributed by atoms with Gasteiger partial charge in [0.2, 0.25) is 0 Å². The number of hydrogen-bond acceptors (Lipinski definition) is 3. The maximum Gasteiger partial charge on any atom is 0.182 e. The lowest BCUT2D eigenvalue weighted by molar-refractivity contribution is -0.110. The second kappa shape index (κ2) is 8.53. The zero-order valence-corrected chi connectivity index (χ0v) is 13.9. The molecule has 0 radical (unpaired) electrons. The van der Waals surface area contributed by atoms with Crippen molar-refractivity contribution >= 4 is 23.3 Å². The van der Waals surface area contributed by atoms with Gasteiger partial charge in [0.05, 0.1) is 0 Å². The third-order valence-electron chi connectivity index (χ3n) is 3.42. The molecule has 0 fully saturated rings. The average Bonchev–Trinajstić information content (AvgIpc) is 2.60. The molecule has 0 aliphatic carbocycles. The minimum absolute atomic E-state index is 0.0338. The Morgan fingerprint density at radius 3 is 2.25 bits per heavy atom. The van der Waals surface area contributed by atoms with Crippen molar-refractivity contribution < 1.29 is 9.90 Å². The van der Waals surface area contributed by atoms with Gasteiger partial charge in [0, 0.05) is 31.4 Å². The van der Waals surface area contributed by atoms with Crippen molar-refractivity contribution in [3.63, 3.8) is 0 Å². The van der Waals surface area contributed by atoms with Gasteiger partial charge in [-0.25, -0.2) is 0 Å². The highest BCUT2D eigenvalue weighted by molar-refractivity contribution is 6.03. The van der Waals surface area contributed by atoms with Gasteiger partial charge in [-0.3, -0.25) is 4.79 Å². The SMILES string of the molecule is CN(C)c1ccc(/C=C/C=C/C(=O)/C=C(\O)c2ccccc2)cc1. The normalized spacial score (nSPS) is 12.0. The average molecular weight is 319 g/mol. The predicted molar refractivity (Wildman–Crippen MR) is 101 cm³/mol. The summed E-state index contributed by atoms with van der Waals surface area (Å²) in [6.07, 6.45) is 8.02. The quantitative estimate of drug-likeness (QED) is 0.484. The van der Waals surface area contributed by atoms with E-state index in [0.717, 1.165) is 11.3 Å². The molecule has 0 aromatic heterocycles. The van der Waals surface area contributed by atoms with Gasteiger partial charge in [-0.1, -0.05) is 60.7 Å². The number of ketones is 1. The van der Waals surface area contributed by atoms with Crippen LogP contribution in [-0.2, 0) is 4.79 Å². The molecule has 24 heavy (non-hydrogen) atoms. The van der Waals surface area contributed by atoms with Crippen molar-refractivity contribution in [3.05, 3.63) is 90.0 Å². The first-order valence-electron chi connectivity index (χ1n) is 7.68. The van der Waals surface area contributed by atoms with Crippen LogP contribution in [-0.4, -0.2) is 25.0 Å². The molecule has 0 atom stereocenters. The van der Waals surface area contributed by atoms with Crippen LogP contribution < -0.4 is 4.90 Å². The second-order valence-corrected chi connectivity index (χ2v) is 5.50. The molecule has 0 aliphatic heterocycles. The minimum atomic E-state index is -0.260. The summed E-state index contributed by atoms with van der Waals surface area (Å²) in [4.78, 5) is 13.8. The van der Waals surface area contributed by atoms with E-state index in [2.05, 4.69) is 0 Å². The molecular weight excluding hydrogens is 298 g/mol. The number of benzene rings is 2. The van der Waals surface area contributed by atoms with Crippen LogP contribution in [0.4, 0.5) is 5.69 Å². The van der Waals surface area contributed by atoms with Crippen LogP contribution in [0.15, 0.2) is 78.9 Å². The van der Waals surface area contributed by atoms with Crippen LogP contribution in [0.25, 0.3) is 11.8 Å². The highest BCUT2D eigenvalue weighted by Gasteiger charge is 1.99. The maximum absolute atomic E-state index is 11.8. The first kappa shape index (κ1) is 17.3. The van der Waals surface area contributed by atoms with Crippen molar-refractivity contribution in [2.24, 2.45) is 0 Å². The number of rotatable bonds is 6. The summed E-state index contributed by atoms with van der Waals surface area (Å²) in [7, 11) is 4.00. The van der Waals surface area contributed by atoms with Crippen molar-refractivity contribution in [1.82, 2.24) is 0 Å². The van der Waals surface area contributed by atoms with Crippen LogP contribution >= 0.6 is 0 Å². The first-order valence-corrected chi connectivity index (χ1v) is 7.68. The lowest BCUT2D eigenvalue weighted by atomic mass is 10.1. The zero-order chi connectivity index (χ0) is 17.4. The summed E-state index contributed by atoms with van der Waals surface area (Å²) in [6, 6.07) is 17.1. The molecule has 2 rings (SSSR count). The summed E-state index contributed by atoms with van der Waals surface area (Å²) in [5, 5.41) is 9.88. The number of nitrogens with zero attached hydrogens (tertiary/aromatic N) is 1. The Morgan fingerprint density at radius 1 is 0.958 bits per heavy atom. The number of aliphatic hydroxyl groups is 1. The molecule has 0 bridgehead atoms. The van der Waals surface area contributed by atoms with E-state index in [1.165, 1.54) is 12.2 Å². The Labute approximate surface area is 142 Å². The highest BCUT2D eigenvalue weighted by Crippen LogP contribution is 2.13. The van der Waals surface area contributed by atoms with E-state index in [4.69, 9.17) is 0 Å². The van der Waals surface area contributed by atoms with Gasteiger partial charge in [0.25, 0.3) is 0 Å². The number of carbonyl (C=O) groups excluding carboxylic acids is 1. The summed E-state index contributed by atoms with van der Waals surface area (Å²) >= 11 is 0. The molecule has 0 saturated carbocycles. The fourth-order valence-electron chi connectivity index (χ4n) is 2.08. The van der Waals surface area contributed by atoms with Crippen molar-refractivity contribution in [3.8, 4) is 0 Å². The van der Waals surface area contributed by atoms with Gasteiger partial charge in [-0.2, -0.15) is 0 Å². The van der Waals surface area contributed by atoms with Gasteiger partial charge < -0.3 is 10.0 Å². The van der Waals surface area contributed by atoms with Crippen molar-refractivity contribution in [1.29, 1.82) is 0 Å². The number of carbonyl (C=O) groups is 1. The van der Waals surface area contributed by atoms with Gasteiger partial charge in [-0.05, 0) is 23.8 Å². The van der Waals surface area contributed by atoms with E-state index in [-0.39, 0.29) is 11.5 Å². The molecule has 3 heteroatoms. The topological polar surface area (TPSA) is 40.5 Å². The minimum Gasteiger partial charge on any atom is -0.507 e. The zero-order valence-electron chi connectivity index (χ0n) is 13.9. The van der Waals surface area contributed by atoms with E-state index in [1.807, 2.05) is 67.5 Å². The molecule has 0 heterocycles. The molecule has 122 valence electrons. The van der Waals surface area contributed by atoms with Gasteiger partial charge >= 0.3 is 0 Å². The summed E-state index contributed by atoms with van der Waals surface area (Å²) < 4.78 is 0. The van der Waals surface area contributed by atoms with Crippen molar-refractivity contribution in [2.75, 3.05) is 19.0 Å². The Morgan fingerprint density at radius 2 is 1.62 bits per heavy atom. The van der Waals surface area contributed by atoms with Gasteiger partial charge in [-0.15, -0.1) is 0 Å². The lowest BCUT2D eigenvalue weighted by Crippen LogP contribution is -2.07. The van der Waals surface area contributed by atoms with E-state index in [0.29, 0.717) is 5.56 Å². The van der Waals surface area contributed by atoms with E-state index in [9.17, 15) is 9.90 Å². The van der Waals surface area contributed by atoms with Gasteiger partial charge in [0.1, 0.15) is 5.76 Å². The maximum atomic E-state index is 11.8. The van der Waals surface area contributed by atoms with Crippen molar-refractivity contribution in [2.45, 2.75) is 0 Å². The predicted octanol–water partition coefficient (Wildman–Crippen LogP) is 4.49. The number of allylic oxidation sites excluding steroid dienone is 4. The molecule has 0 saturated heterocycles. The molecule has 2 aromatic carbocycles. The summed E-state index contributed by atoms with van der Waals surface area (Å²) in [5.74, 6) is -0.294. The van der Waals surface area contributed by atoms with Crippen LogP contribution in [0.3, 0.4) is 0 Å². The largest absolute Gasteiger partial charge is 0.507 e. The number of anilines is 1. The molecule has 0 unspecified atom stereocenters. The fourth-order valence-corrected chi connectivity index (χ4v) is 2.08. The monoisotopic (exact) mass is 319 g/mol. The molecule has 0 aliphatic rings. The molecule has 1 N–H and O–H groups in total. The van der Waals surface area contributed by atoms with Crippen LogP contribution in [0.1, 0.15) is 11.1 Å². The first-order chi connectivity index (χ1) is 11.6. The summed E-state index contributed by atoms with van der Waals surface area (Å²) in [6.45, 7) is 0. The molecule has 2 aromatic rings. The third kappa shape index (κ3) is 5.29. The van der Waals surface area contributed by atoms with Gasteiger partial charge in [0.15, 0.2) is 5.78 Å². The molecule has 0 spiro atoms. The van der Waals surface area contributed by atoms with Crippen LogP contribution in [0.2, 0.25) is 0 Å². The van der Waals surface area contributed by atoms with E-state index >= 15 is 0 Å². The second-order valence-electron chi connectivity index (χ2n) is 5.50. The molecule has 0 amide bonds. The van der Waals surface area contributed by atoms with Crippen LogP contribution in [0, 0.1) is 0 Å². The van der Waals surface area contributed by atoms with E-state index < -0.39 is 0 Å². The third-order valence-corrected chi connectivity index (χ3v) is 3.42. The highest BCUT2D eigenvalue weighted by atomic mass is 16.3. The Kier molecular flexibility index (Phi) is 6.15. The van der Waals surface area contributed by atoms with E-state index in [1.54, 1.807) is 24.3 Å². The molecular formula is C21H21NO2. The Balaban J connectivity index is 1.94.